The normalized spacial score (nSPS) is 17.4. The van der Waals surface area contributed by atoms with Crippen molar-refractivity contribution in [2.45, 2.75) is 13.0 Å². The number of aromatic nitrogens is 2. The molecule has 0 unspecified atom stereocenters. The Hall–Kier alpha value is -3.31. The number of rotatable bonds is 7. The third-order valence-corrected chi connectivity index (χ3v) is 5.76. The number of carbonyl (C=O) groups is 1. The van der Waals surface area contributed by atoms with Crippen molar-refractivity contribution in [3.05, 3.63) is 97.1 Å². The van der Waals surface area contributed by atoms with Gasteiger partial charge < -0.3 is 4.90 Å². The molecule has 3 heterocycles. The summed E-state index contributed by atoms with van der Waals surface area (Å²) in [5, 5.41) is 0. The summed E-state index contributed by atoms with van der Waals surface area (Å²) in [7, 11) is 0. The zero-order chi connectivity index (χ0) is 21.5. The first-order valence-electron chi connectivity index (χ1n) is 10.7. The van der Waals surface area contributed by atoms with Gasteiger partial charge in [-0.3, -0.25) is 19.7 Å². The Labute approximate surface area is 184 Å². The molecule has 158 valence electrons. The van der Waals surface area contributed by atoms with Crippen LogP contribution in [0, 0.1) is 5.92 Å². The summed E-state index contributed by atoms with van der Waals surface area (Å²) in [4.78, 5) is 25.9. The fourth-order valence-electron chi connectivity index (χ4n) is 4.14. The van der Waals surface area contributed by atoms with Crippen LogP contribution in [-0.2, 0) is 17.8 Å². The van der Waals surface area contributed by atoms with E-state index in [1.807, 2.05) is 47.8 Å². The van der Waals surface area contributed by atoms with Gasteiger partial charge in [0.1, 0.15) is 0 Å². The van der Waals surface area contributed by atoms with Crippen LogP contribution >= 0.6 is 0 Å². The van der Waals surface area contributed by atoms with E-state index in [2.05, 4.69) is 51.8 Å². The van der Waals surface area contributed by atoms with E-state index in [0.717, 1.165) is 43.7 Å². The monoisotopic (exact) mass is 412 g/mol. The van der Waals surface area contributed by atoms with Gasteiger partial charge in [0.15, 0.2) is 0 Å². The van der Waals surface area contributed by atoms with Crippen LogP contribution in [0.25, 0.3) is 11.1 Å². The second-order valence-electron chi connectivity index (χ2n) is 8.00. The standard InChI is InChI=1S/C26H28N4O/c1-2-14-30-16-15-29(19-22-9-12-27-13-10-22)20-25(26(30)31)17-21-5-7-23(8-6-21)24-4-3-11-28-18-24/h2-13,18,25H,1,14-17,19-20H2/t25-/m1/s1. The van der Waals surface area contributed by atoms with Crippen molar-refractivity contribution in [1.82, 2.24) is 19.8 Å². The average molecular weight is 413 g/mol. The highest BCUT2D eigenvalue weighted by Gasteiger charge is 2.30. The van der Waals surface area contributed by atoms with Crippen LogP contribution in [0.5, 0.6) is 0 Å². The third kappa shape index (κ3) is 5.44. The molecule has 1 aliphatic rings. The van der Waals surface area contributed by atoms with Gasteiger partial charge in [0.25, 0.3) is 0 Å². The topological polar surface area (TPSA) is 49.3 Å². The zero-order valence-electron chi connectivity index (χ0n) is 17.7. The first-order valence-corrected chi connectivity index (χ1v) is 10.7. The summed E-state index contributed by atoms with van der Waals surface area (Å²) in [6, 6.07) is 16.6. The summed E-state index contributed by atoms with van der Waals surface area (Å²) >= 11 is 0. The van der Waals surface area contributed by atoms with E-state index < -0.39 is 0 Å². The van der Waals surface area contributed by atoms with Crippen molar-refractivity contribution >= 4 is 5.91 Å². The number of nitrogens with zero attached hydrogens (tertiary/aromatic N) is 4. The van der Waals surface area contributed by atoms with Crippen molar-refractivity contribution in [2.75, 3.05) is 26.2 Å². The molecule has 0 N–H and O–H groups in total. The summed E-state index contributed by atoms with van der Waals surface area (Å²) in [6.07, 6.45) is 9.84. The van der Waals surface area contributed by atoms with Crippen molar-refractivity contribution in [3.8, 4) is 11.1 Å². The van der Waals surface area contributed by atoms with E-state index in [0.29, 0.717) is 6.54 Å². The maximum atomic E-state index is 13.3. The first-order chi connectivity index (χ1) is 15.2. The molecule has 3 aromatic rings. The van der Waals surface area contributed by atoms with Crippen LogP contribution in [0.1, 0.15) is 11.1 Å². The number of amides is 1. The van der Waals surface area contributed by atoms with Crippen LogP contribution in [0.3, 0.4) is 0 Å². The van der Waals surface area contributed by atoms with Gasteiger partial charge in [-0.05, 0) is 46.9 Å². The summed E-state index contributed by atoms with van der Waals surface area (Å²) in [6.45, 7) is 7.59. The molecule has 1 aromatic carbocycles. The molecule has 0 bridgehead atoms. The number of carbonyl (C=O) groups excluding carboxylic acids is 1. The first kappa shape index (κ1) is 20.9. The fraction of sp³-hybridized carbons (Fsp3) is 0.269. The largest absolute Gasteiger partial charge is 0.337 e. The van der Waals surface area contributed by atoms with E-state index in [1.165, 1.54) is 11.1 Å². The molecule has 1 amide bonds. The van der Waals surface area contributed by atoms with E-state index in [9.17, 15) is 4.79 Å². The maximum Gasteiger partial charge on any atom is 0.227 e. The maximum absolute atomic E-state index is 13.3. The van der Waals surface area contributed by atoms with Crippen molar-refractivity contribution in [2.24, 2.45) is 5.92 Å². The van der Waals surface area contributed by atoms with Crippen LogP contribution in [0.2, 0.25) is 0 Å². The Bertz CT molecular complexity index is 989. The smallest absolute Gasteiger partial charge is 0.227 e. The van der Waals surface area contributed by atoms with Gasteiger partial charge in [0.05, 0.1) is 5.92 Å². The Morgan fingerprint density at radius 1 is 0.935 bits per heavy atom. The highest BCUT2D eigenvalue weighted by Crippen LogP contribution is 2.22. The van der Waals surface area contributed by atoms with Crippen molar-refractivity contribution < 1.29 is 4.79 Å². The van der Waals surface area contributed by atoms with E-state index >= 15 is 0 Å². The molecule has 1 saturated heterocycles. The third-order valence-electron chi connectivity index (χ3n) is 5.76. The molecule has 1 atom stereocenters. The van der Waals surface area contributed by atoms with Gasteiger partial charge in [-0.1, -0.05) is 36.4 Å². The average Bonchev–Trinajstić information content (AvgIpc) is 2.95. The molecule has 5 nitrogen and oxygen atoms in total. The second-order valence-corrected chi connectivity index (χ2v) is 8.00. The molecular formula is C26H28N4O. The molecule has 2 aromatic heterocycles. The minimum absolute atomic E-state index is 0.0754. The van der Waals surface area contributed by atoms with E-state index in [-0.39, 0.29) is 11.8 Å². The number of hydrogen-bond acceptors (Lipinski definition) is 4. The molecule has 4 rings (SSSR count). The minimum Gasteiger partial charge on any atom is -0.337 e. The lowest BCUT2D eigenvalue weighted by atomic mass is 9.96. The van der Waals surface area contributed by atoms with Gasteiger partial charge >= 0.3 is 0 Å². The molecule has 31 heavy (non-hydrogen) atoms. The van der Waals surface area contributed by atoms with Gasteiger partial charge in [0.2, 0.25) is 5.91 Å². The predicted octanol–water partition coefficient (Wildman–Crippen LogP) is 3.83. The molecule has 5 heteroatoms. The minimum atomic E-state index is -0.0754. The second kappa shape index (κ2) is 10.1. The number of benzene rings is 1. The Balaban J connectivity index is 1.50. The lowest BCUT2D eigenvalue weighted by molar-refractivity contribution is -0.134. The molecule has 0 radical (unpaired) electrons. The Morgan fingerprint density at radius 2 is 1.74 bits per heavy atom. The van der Waals surface area contributed by atoms with Crippen molar-refractivity contribution in [3.63, 3.8) is 0 Å². The van der Waals surface area contributed by atoms with Gasteiger partial charge in [0, 0.05) is 57.5 Å². The SMILES string of the molecule is C=CCN1CCN(Cc2ccncc2)C[C@@H](Cc2ccc(-c3cccnc3)cc2)C1=O. The van der Waals surface area contributed by atoms with Crippen molar-refractivity contribution in [1.29, 1.82) is 0 Å². The van der Waals surface area contributed by atoms with Crippen LogP contribution in [0.15, 0.2) is 86.0 Å². The van der Waals surface area contributed by atoms with E-state index in [1.54, 1.807) is 6.20 Å². The van der Waals surface area contributed by atoms with Gasteiger partial charge in [-0.2, -0.15) is 0 Å². The van der Waals surface area contributed by atoms with Gasteiger partial charge in [-0.15, -0.1) is 6.58 Å². The molecular weight excluding hydrogens is 384 g/mol. The quantitative estimate of drug-likeness (QED) is 0.554. The van der Waals surface area contributed by atoms with E-state index in [4.69, 9.17) is 0 Å². The molecule has 0 spiro atoms. The van der Waals surface area contributed by atoms with Crippen LogP contribution in [-0.4, -0.2) is 51.9 Å². The predicted molar refractivity (Wildman–Crippen MR) is 123 cm³/mol. The highest BCUT2D eigenvalue weighted by atomic mass is 16.2. The van der Waals surface area contributed by atoms with Crippen LogP contribution in [0.4, 0.5) is 0 Å². The van der Waals surface area contributed by atoms with Gasteiger partial charge in [-0.25, -0.2) is 0 Å². The summed E-state index contributed by atoms with van der Waals surface area (Å²) < 4.78 is 0. The highest BCUT2D eigenvalue weighted by molar-refractivity contribution is 5.80. The fourth-order valence-corrected chi connectivity index (χ4v) is 4.14. The molecule has 1 fully saturated rings. The van der Waals surface area contributed by atoms with Crippen LogP contribution < -0.4 is 0 Å². The Kier molecular flexibility index (Phi) is 6.85. The molecule has 1 aliphatic heterocycles. The zero-order valence-corrected chi connectivity index (χ0v) is 17.7. The summed E-state index contributed by atoms with van der Waals surface area (Å²) in [5.41, 5.74) is 4.63. The lowest BCUT2D eigenvalue weighted by Gasteiger charge is -2.23. The number of hydrogen-bond donors (Lipinski definition) is 0. The molecule has 0 saturated carbocycles. The number of pyridine rings is 2. The summed E-state index contributed by atoms with van der Waals surface area (Å²) in [5.74, 6) is 0.141. The lowest BCUT2D eigenvalue weighted by Crippen LogP contribution is -2.37. The Morgan fingerprint density at radius 3 is 2.45 bits per heavy atom. The molecule has 0 aliphatic carbocycles.